The molecule has 0 bridgehead atoms. The van der Waals surface area contributed by atoms with Gasteiger partial charge in [-0.1, -0.05) is 34.1 Å². The first kappa shape index (κ1) is 21.9. The van der Waals surface area contributed by atoms with E-state index in [-0.39, 0.29) is 29.6 Å². The van der Waals surface area contributed by atoms with Crippen molar-refractivity contribution in [1.82, 2.24) is 10.2 Å². The zero-order valence-corrected chi connectivity index (χ0v) is 18.0. The van der Waals surface area contributed by atoms with E-state index in [0.29, 0.717) is 18.5 Å². The van der Waals surface area contributed by atoms with Gasteiger partial charge in [0.05, 0.1) is 5.56 Å². The van der Waals surface area contributed by atoms with Gasteiger partial charge in [0, 0.05) is 24.0 Å². The lowest BCUT2D eigenvalue weighted by atomic mass is 9.87. The second-order valence-corrected chi connectivity index (χ2v) is 9.52. The minimum absolute atomic E-state index is 0.0104. The zero-order valence-electron chi connectivity index (χ0n) is 16.3. The van der Waals surface area contributed by atoms with E-state index in [2.05, 4.69) is 5.32 Å². The maximum absolute atomic E-state index is 13.4. The van der Waals surface area contributed by atoms with Gasteiger partial charge < -0.3 is 14.4 Å². The first-order chi connectivity index (χ1) is 12.7. The summed E-state index contributed by atoms with van der Waals surface area (Å²) in [4.78, 5) is 39.7. The van der Waals surface area contributed by atoms with Crippen molar-refractivity contribution in [1.29, 1.82) is 0 Å². The van der Waals surface area contributed by atoms with Gasteiger partial charge in [-0.3, -0.25) is 14.4 Å². The molecule has 0 aromatic carbocycles. The van der Waals surface area contributed by atoms with Crippen molar-refractivity contribution in [3.8, 4) is 0 Å². The van der Waals surface area contributed by atoms with Gasteiger partial charge in [-0.15, -0.1) is 0 Å². The SMILES string of the molecule is CCCCN(C(=O)[C@H](CC(C)(C)C)NC(=O)c1ccsc1)[C@@H]1SOCC1=O. The largest absolute Gasteiger partial charge is 0.340 e. The van der Waals surface area contributed by atoms with Gasteiger partial charge in [0.1, 0.15) is 12.6 Å². The van der Waals surface area contributed by atoms with E-state index in [1.807, 2.05) is 33.1 Å². The van der Waals surface area contributed by atoms with Crippen LogP contribution in [0.25, 0.3) is 0 Å². The van der Waals surface area contributed by atoms with E-state index < -0.39 is 11.4 Å². The van der Waals surface area contributed by atoms with E-state index in [0.717, 1.165) is 24.9 Å². The average molecular weight is 413 g/mol. The van der Waals surface area contributed by atoms with E-state index in [1.165, 1.54) is 11.3 Å². The monoisotopic (exact) mass is 412 g/mol. The summed E-state index contributed by atoms with van der Waals surface area (Å²) in [5.41, 5.74) is 0.378. The summed E-state index contributed by atoms with van der Waals surface area (Å²) < 4.78 is 5.19. The Labute approximate surface area is 169 Å². The third-order valence-corrected chi connectivity index (χ3v) is 5.79. The van der Waals surface area contributed by atoms with Crippen molar-refractivity contribution in [3.63, 3.8) is 0 Å². The molecule has 0 radical (unpaired) electrons. The summed E-state index contributed by atoms with van der Waals surface area (Å²) in [5.74, 6) is -0.600. The predicted octanol–water partition coefficient (Wildman–Crippen LogP) is 3.49. The third-order valence-electron chi connectivity index (χ3n) is 4.16. The molecule has 1 aromatic rings. The van der Waals surface area contributed by atoms with Crippen molar-refractivity contribution < 1.29 is 18.6 Å². The molecule has 1 aliphatic rings. The van der Waals surface area contributed by atoms with Gasteiger partial charge in [-0.05, 0) is 29.7 Å². The number of amides is 2. The average Bonchev–Trinajstić information content (AvgIpc) is 3.25. The molecule has 0 spiro atoms. The quantitative estimate of drug-likeness (QED) is 0.662. The lowest BCUT2D eigenvalue weighted by Gasteiger charge is -2.33. The number of Topliss-reactive ketones (excluding diaryl/α,β-unsaturated/α-hetero) is 1. The molecule has 0 saturated carbocycles. The molecule has 1 aromatic heterocycles. The number of nitrogens with zero attached hydrogens (tertiary/aromatic N) is 1. The summed E-state index contributed by atoms with van der Waals surface area (Å²) >= 11 is 2.47. The number of carbonyl (C=O) groups excluding carboxylic acids is 3. The number of hydrogen-bond acceptors (Lipinski definition) is 6. The Bertz CT molecular complexity index is 655. The highest BCUT2D eigenvalue weighted by molar-refractivity contribution is 7.96. The topological polar surface area (TPSA) is 75.7 Å². The van der Waals surface area contributed by atoms with Gasteiger partial charge in [0.15, 0.2) is 11.2 Å². The first-order valence-electron chi connectivity index (χ1n) is 9.17. The summed E-state index contributed by atoms with van der Waals surface area (Å²) in [7, 11) is 0. The summed E-state index contributed by atoms with van der Waals surface area (Å²) in [6.07, 6.45) is 2.18. The second-order valence-electron chi connectivity index (χ2n) is 7.87. The van der Waals surface area contributed by atoms with Gasteiger partial charge >= 0.3 is 0 Å². The molecule has 2 atom stereocenters. The minimum atomic E-state index is -0.691. The Balaban J connectivity index is 2.22. The number of carbonyl (C=O) groups is 3. The highest BCUT2D eigenvalue weighted by Crippen LogP contribution is 2.28. The molecule has 6 nitrogen and oxygen atoms in total. The predicted molar refractivity (Wildman–Crippen MR) is 109 cm³/mol. The molecule has 8 heteroatoms. The van der Waals surface area contributed by atoms with Gasteiger partial charge in [0.2, 0.25) is 5.91 Å². The lowest BCUT2D eigenvalue weighted by molar-refractivity contribution is -0.138. The van der Waals surface area contributed by atoms with Crippen LogP contribution in [0.5, 0.6) is 0 Å². The van der Waals surface area contributed by atoms with Crippen LogP contribution in [0.4, 0.5) is 0 Å². The molecule has 2 heterocycles. The van der Waals surface area contributed by atoms with Crippen LogP contribution in [-0.4, -0.2) is 47.1 Å². The van der Waals surface area contributed by atoms with Crippen molar-refractivity contribution >= 4 is 41.0 Å². The summed E-state index contributed by atoms with van der Waals surface area (Å²) in [6.45, 7) is 8.60. The fraction of sp³-hybridized carbons (Fsp3) is 0.632. The molecule has 2 rings (SSSR count). The molecular formula is C19H28N2O4S2. The van der Waals surface area contributed by atoms with Gasteiger partial charge in [-0.25, -0.2) is 0 Å². The van der Waals surface area contributed by atoms with Crippen LogP contribution in [-0.2, 0) is 13.8 Å². The Morgan fingerprint density at radius 3 is 2.67 bits per heavy atom. The van der Waals surface area contributed by atoms with Crippen LogP contribution in [0.2, 0.25) is 0 Å². The number of thiophene rings is 1. The van der Waals surface area contributed by atoms with E-state index >= 15 is 0 Å². The van der Waals surface area contributed by atoms with Crippen LogP contribution < -0.4 is 5.32 Å². The first-order valence-corrected chi connectivity index (χ1v) is 10.9. The van der Waals surface area contributed by atoms with Crippen molar-refractivity contribution in [2.75, 3.05) is 13.2 Å². The molecule has 0 aliphatic carbocycles. The molecule has 1 saturated heterocycles. The number of nitrogens with one attached hydrogen (secondary N) is 1. The van der Waals surface area contributed by atoms with Crippen LogP contribution >= 0.6 is 23.4 Å². The number of rotatable bonds is 8. The smallest absolute Gasteiger partial charge is 0.252 e. The Morgan fingerprint density at radius 1 is 1.41 bits per heavy atom. The van der Waals surface area contributed by atoms with Crippen LogP contribution in [0.1, 0.15) is 57.3 Å². The fourth-order valence-electron chi connectivity index (χ4n) is 2.83. The summed E-state index contributed by atoms with van der Waals surface area (Å²) in [5, 5.41) is 5.84. The molecule has 1 aliphatic heterocycles. The third kappa shape index (κ3) is 6.33. The summed E-state index contributed by atoms with van der Waals surface area (Å²) in [6, 6.07) is 1.04. The molecule has 2 amide bonds. The van der Waals surface area contributed by atoms with Gasteiger partial charge in [0.25, 0.3) is 5.91 Å². The van der Waals surface area contributed by atoms with Crippen LogP contribution in [0.3, 0.4) is 0 Å². The number of ketones is 1. The molecule has 0 unspecified atom stereocenters. The minimum Gasteiger partial charge on any atom is -0.340 e. The standard InChI is InChI=1S/C19H28N2O4S2/c1-5-6-8-21(18-15(22)11-25-27-18)17(24)14(10-19(2,3)4)20-16(23)13-7-9-26-12-13/h7,9,12,14,18H,5-6,8,10-11H2,1-4H3,(H,20,23)/t14-,18+/m0/s1. The van der Waals surface area contributed by atoms with E-state index in [9.17, 15) is 14.4 Å². The Hall–Kier alpha value is -1.38. The number of unbranched alkanes of at least 4 members (excludes halogenated alkanes) is 1. The zero-order chi connectivity index (χ0) is 20.0. The van der Waals surface area contributed by atoms with Crippen LogP contribution in [0, 0.1) is 5.41 Å². The molecular weight excluding hydrogens is 384 g/mol. The van der Waals surface area contributed by atoms with Crippen molar-refractivity contribution in [3.05, 3.63) is 22.4 Å². The molecule has 150 valence electrons. The van der Waals surface area contributed by atoms with Crippen molar-refractivity contribution in [2.24, 2.45) is 5.41 Å². The fourth-order valence-corrected chi connectivity index (χ4v) is 4.26. The highest BCUT2D eigenvalue weighted by atomic mass is 32.2. The molecule has 1 fully saturated rings. The van der Waals surface area contributed by atoms with Crippen LogP contribution in [0.15, 0.2) is 16.8 Å². The van der Waals surface area contributed by atoms with E-state index in [4.69, 9.17) is 4.18 Å². The Morgan fingerprint density at radius 2 is 2.15 bits per heavy atom. The lowest BCUT2D eigenvalue weighted by Crippen LogP contribution is -2.53. The highest BCUT2D eigenvalue weighted by Gasteiger charge is 2.39. The maximum Gasteiger partial charge on any atom is 0.252 e. The van der Waals surface area contributed by atoms with Crippen molar-refractivity contribution in [2.45, 2.75) is 58.4 Å². The normalized spacial score (nSPS) is 18.4. The maximum atomic E-state index is 13.4. The molecule has 1 N–H and O–H groups in total. The number of hydrogen-bond donors (Lipinski definition) is 1. The van der Waals surface area contributed by atoms with E-state index in [1.54, 1.807) is 16.3 Å². The second kappa shape index (κ2) is 9.71. The molecule has 27 heavy (non-hydrogen) atoms. The Kier molecular flexibility index (Phi) is 7.88. The van der Waals surface area contributed by atoms with Gasteiger partial charge in [-0.2, -0.15) is 11.3 Å².